The van der Waals surface area contributed by atoms with E-state index >= 15 is 0 Å². The van der Waals surface area contributed by atoms with Crippen molar-refractivity contribution in [3.8, 4) is 0 Å². The van der Waals surface area contributed by atoms with Crippen LogP contribution in [0.25, 0.3) is 0 Å². The molecule has 0 amide bonds. The number of Topliss-reactive ketones (excluding diaryl/α,β-unsaturated/α-hetero) is 2. The van der Waals surface area contributed by atoms with E-state index in [9.17, 15) is 9.59 Å². The molecular formula is C25H22BrNO2. The normalized spacial score (nSPS) is 20.1. The van der Waals surface area contributed by atoms with Gasteiger partial charge >= 0.3 is 0 Å². The minimum Gasteiger partial charge on any atom is -0.317 e. The zero-order chi connectivity index (χ0) is 20.0. The fraction of sp³-hybridized carbons (Fsp3) is 0.280. The molecule has 0 bridgehead atoms. The molecule has 3 nitrogen and oxygen atoms in total. The summed E-state index contributed by atoms with van der Waals surface area (Å²) in [4.78, 5) is 28.7. The number of rotatable bonds is 2. The number of hydrogen-bond donors (Lipinski definition) is 0. The number of allylic oxidation sites excluding steroid dienone is 4. The van der Waals surface area contributed by atoms with Crippen molar-refractivity contribution in [1.29, 1.82) is 0 Å². The number of carbonyl (C=O) groups is 2. The fourth-order valence-corrected chi connectivity index (χ4v) is 5.45. The van der Waals surface area contributed by atoms with Gasteiger partial charge in [-0.3, -0.25) is 9.59 Å². The Labute approximate surface area is 179 Å². The maximum absolute atomic E-state index is 13.2. The molecule has 0 saturated carbocycles. The Hall–Kier alpha value is -2.46. The van der Waals surface area contributed by atoms with Gasteiger partial charge in [-0.1, -0.05) is 46.3 Å². The highest BCUT2D eigenvalue weighted by Gasteiger charge is 2.43. The summed E-state index contributed by atoms with van der Waals surface area (Å²) in [7, 11) is 0. The highest BCUT2D eigenvalue weighted by atomic mass is 79.9. The van der Waals surface area contributed by atoms with Gasteiger partial charge in [0.2, 0.25) is 0 Å². The molecule has 1 heterocycles. The Bertz CT molecular complexity index is 1020. The number of ketones is 2. The van der Waals surface area contributed by atoms with E-state index in [2.05, 4.69) is 39.0 Å². The third-order valence-corrected chi connectivity index (χ3v) is 6.66. The number of para-hydroxylation sites is 1. The summed E-state index contributed by atoms with van der Waals surface area (Å²) in [5.41, 5.74) is 5.90. The zero-order valence-corrected chi connectivity index (χ0v) is 17.7. The molecule has 0 saturated heterocycles. The number of hydrogen-bond acceptors (Lipinski definition) is 3. The molecule has 0 aromatic heterocycles. The van der Waals surface area contributed by atoms with Crippen LogP contribution in [0.2, 0.25) is 0 Å². The molecule has 0 atom stereocenters. The summed E-state index contributed by atoms with van der Waals surface area (Å²) in [6.45, 7) is 0. The SMILES string of the molecule is O=C1CCCC2=C1C(c1cccc(Br)c1)C1=C(CCCC1=O)N2c1ccccc1. The van der Waals surface area contributed by atoms with Gasteiger partial charge in [-0.15, -0.1) is 0 Å². The topological polar surface area (TPSA) is 37.4 Å². The highest BCUT2D eigenvalue weighted by Crippen LogP contribution is 2.50. The molecule has 4 heteroatoms. The van der Waals surface area contributed by atoms with E-state index < -0.39 is 0 Å². The second-order valence-electron chi connectivity index (χ2n) is 7.93. The smallest absolute Gasteiger partial charge is 0.161 e. The number of halogens is 1. The van der Waals surface area contributed by atoms with E-state index in [0.29, 0.717) is 12.8 Å². The molecular weight excluding hydrogens is 426 g/mol. The number of anilines is 1. The lowest BCUT2D eigenvalue weighted by Crippen LogP contribution is -2.39. The van der Waals surface area contributed by atoms with E-state index in [4.69, 9.17) is 0 Å². The molecule has 3 aliphatic rings. The van der Waals surface area contributed by atoms with Crippen LogP contribution in [0.5, 0.6) is 0 Å². The first kappa shape index (κ1) is 18.6. The lowest BCUT2D eigenvalue weighted by Gasteiger charge is -2.44. The molecule has 2 aromatic rings. The van der Waals surface area contributed by atoms with Crippen LogP contribution in [0.3, 0.4) is 0 Å². The Morgan fingerprint density at radius 2 is 1.38 bits per heavy atom. The fourth-order valence-electron chi connectivity index (χ4n) is 5.03. The second kappa shape index (κ2) is 7.42. The highest BCUT2D eigenvalue weighted by molar-refractivity contribution is 9.10. The van der Waals surface area contributed by atoms with Crippen molar-refractivity contribution in [2.45, 2.75) is 44.4 Å². The quantitative estimate of drug-likeness (QED) is 0.560. The minimum atomic E-state index is -0.252. The van der Waals surface area contributed by atoms with Crippen LogP contribution in [0.1, 0.15) is 50.0 Å². The molecule has 0 spiro atoms. The largest absolute Gasteiger partial charge is 0.317 e. The molecule has 0 unspecified atom stereocenters. The summed E-state index contributed by atoms with van der Waals surface area (Å²) in [5, 5.41) is 0. The van der Waals surface area contributed by atoms with E-state index in [1.165, 1.54) is 0 Å². The number of benzene rings is 2. The molecule has 5 rings (SSSR count). The van der Waals surface area contributed by atoms with E-state index in [1.54, 1.807) is 0 Å². The number of nitrogens with zero attached hydrogens (tertiary/aromatic N) is 1. The van der Waals surface area contributed by atoms with Gasteiger partial charge in [-0.2, -0.15) is 0 Å². The van der Waals surface area contributed by atoms with Crippen LogP contribution in [0.4, 0.5) is 5.69 Å². The number of carbonyl (C=O) groups excluding carboxylic acids is 2. The maximum atomic E-state index is 13.2. The predicted molar refractivity (Wildman–Crippen MR) is 118 cm³/mol. The van der Waals surface area contributed by atoms with Crippen LogP contribution in [-0.4, -0.2) is 11.6 Å². The van der Waals surface area contributed by atoms with Crippen LogP contribution in [-0.2, 0) is 9.59 Å². The van der Waals surface area contributed by atoms with E-state index in [-0.39, 0.29) is 17.5 Å². The Balaban J connectivity index is 1.80. The van der Waals surface area contributed by atoms with Crippen LogP contribution in [0, 0.1) is 0 Å². The summed E-state index contributed by atoms with van der Waals surface area (Å²) in [5.74, 6) is 0.113. The van der Waals surface area contributed by atoms with Crippen molar-refractivity contribution in [2.24, 2.45) is 0 Å². The summed E-state index contributed by atoms with van der Waals surface area (Å²) < 4.78 is 0.969. The van der Waals surface area contributed by atoms with Crippen LogP contribution >= 0.6 is 15.9 Å². The molecule has 29 heavy (non-hydrogen) atoms. The first-order valence-corrected chi connectivity index (χ1v) is 11.1. The van der Waals surface area contributed by atoms with Crippen molar-refractivity contribution in [1.82, 2.24) is 0 Å². The third kappa shape index (κ3) is 3.10. The second-order valence-corrected chi connectivity index (χ2v) is 8.85. The van der Waals surface area contributed by atoms with Gasteiger partial charge < -0.3 is 4.90 Å². The Kier molecular flexibility index (Phi) is 4.75. The molecule has 146 valence electrons. The lowest BCUT2D eigenvalue weighted by molar-refractivity contribution is -0.116. The minimum absolute atomic E-state index is 0.182. The van der Waals surface area contributed by atoms with Gasteiger partial charge in [0, 0.05) is 51.5 Å². The van der Waals surface area contributed by atoms with Crippen molar-refractivity contribution < 1.29 is 9.59 Å². The molecule has 1 aliphatic heterocycles. The standard InChI is InChI=1S/C25H22BrNO2/c26-17-8-4-7-16(15-17)23-24-19(11-5-13-21(24)28)27(18-9-2-1-3-10-18)20-12-6-14-22(29)25(20)23/h1-4,7-10,15,23H,5-6,11-14H2. The Morgan fingerprint density at radius 3 is 1.97 bits per heavy atom. The first-order valence-electron chi connectivity index (χ1n) is 10.3. The predicted octanol–water partition coefficient (Wildman–Crippen LogP) is 6.07. The van der Waals surface area contributed by atoms with Crippen molar-refractivity contribution in [3.05, 3.63) is 87.2 Å². The van der Waals surface area contributed by atoms with Gasteiger partial charge in [0.05, 0.1) is 0 Å². The average molecular weight is 448 g/mol. The summed E-state index contributed by atoms with van der Waals surface area (Å²) >= 11 is 3.57. The first-order chi connectivity index (χ1) is 14.1. The molecule has 0 N–H and O–H groups in total. The van der Waals surface area contributed by atoms with E-state index in [0.717, 1.165) is 63.9 Å². The zero-order valence-electron chi connectivity index (χ0n) is 16.2. The molecule has 0 radical (unpaired) electrons. The van der Waals surface area contributed by atoms with Crippen molar-refractivity contribution in [2.75, 3.05) is 4.90 Å². The van der Waals surface area contributed by atoms with Gasteiger partial charge in [0.1, 0.15) is 0 Å². The van der Waals surface area contributed by atoms with Crippen LogP contribution < -0.4 is 4.90 Å². The monoisotopic (exact) mass is 447 g/mol. The summed E-state index contributed by atoms with van der Waals surface area (Å²) in [6, 6.07) is 18.3. The van der Waals surface area contributed by atoms with Gasteiger partial charge in [0.25, 0.3) is 0 Å². The average Bonchev–Trinajstić information content (AvgIpc) is 2.73. The summed E-state index contributed by atoms with van der Waals surface area (Å²) in [6.07, 6.45) is 4.58. The maximum Gasteiger partial charge on any atom is 0.161 e. The van der Waals surface area contributed by atoms with Crippen molar-refractivity contribution >= 4 is 33.2 Å². The van der Waals surface area contributed by atoms with Crippen LogP contribution in [0.15, 0.2) is 81.6 Å². The Morgan fingerprint density at radius 1 is 0.759 bits per heavy atom. The molecule has 2 aliphatic carbocycles. The van der Waals surface area contributed by atoms with Gasteiger partial charge in [-0.25, -0.2) is 0 Å². The van der Waals surface area contributed by atoms with E-state index in [1.807, 2.05) is 36.4 Å². The van der Waals surface area contributed by atoms with Crippen molar-refractivity contribution in [3.63, 3.8) is 0 Å². The van der Waals surface area contributed by atoms with Gasteiger partial charge in [0.15, 0.2) is 11.6 Å². The lowest BCUT2D eigenvalue weighted by atomic mass is 9.71. The molecule has 2 aromatic carbocycles. The third-order valence-electron chi connectivity index (χ3n) is 6.17. The van der Waals surface area contributed by atoms with Gasteiger partial charge in [-0.05, 0) is 55.5 Å². The molecule has 0 fully saturated rings.